The van der Waals surface area contributed by atoms with Crippen molar-refractivity contribution in [3.05, 3.63) is 34.4 Å². The van der Waals surface area contributed by atoms with Gasteiger partial charge in [0.15, 0.2) is 5.82 Å². The summed E-state index contributed by atoms with van der Waals surface area (Å²) in [5.74, 6) is 1.42. The second-order valence-corrected chi connectivity index (χ2v) is 5.80. The normalized spacial score (nSPS) is 14.6. The molecule has 0 bridgehead atoms. The first-order valence-electron chi connectivity index (χ1n) is 6.70. The minimum absolute atomic E-state index is 0.704. The lowest BCUT2D eigenvalue weighted by atomic mass is 10.2. The number of halogens is 1. The minimum atomic E-state index is 0.704. The van der Waals surface area contributed by atoms with E-state index < -0.39 is 0 Å². The smallest absolute Gasteiger partial charge is 0.247 e. The summed E-state index contributed by atoms with van der Waals surface area (Å²) in [6.07, 6.45) is 4.04. The summed E-state index contributed by atoms with van der Waals surface area (Å²) in [4.78, 5) is 6.70. The highest BCUT2D eigenvalue weighted by Gasteiger charge is 2.15. The van der Waals surface area contributed by atoms with Gasteiger partial charge in [-0.3, -0.25) is 0 Å². The van der Waals surface area contributed by atoms with Crippen molar-refractivity contribution in [1.29, 1.82) is 0 Å². The predicted octanol–water partition coefficient (Wildman–Crippen LogP) is 3.29. The van der Waals surface area contributed by atoms with Crippen molar-refractivity contribution in [3.8, 4) is 0 Å². The lowest BCUT2D eigenvalue weighted by molar-refractivity contribution is 0.852. The van der Waals surface area contributed by atoms with Crippen LogP contribution in [0.5, 0.6) is 0 Å². The first kappa shape index (κ1) is 13.3. The molecule has 0 radical (unpaired) electrons. The Morgan fingerprint density at radius 1 is 1.25 bits per heavy atom. The fraction of sp³-hybridized carbons (Fsp3) is 0.357. The molecule has 20 heavy (non-hydrogen) atoms. The molecule has 0 unspecified atom stereocenters. The Kier molecular flexibility index (Phi) is 3.82. The molecular formula is C14H16BrN5. The van der Waals surface area contributed by atoms with Crippen LogP contribution in [0.4, 0.5) is 17.5 Å². The second kappa shape index (κ2) is 5.75. The van der Waals surface area contributed by atoms with Crippen molar-refractivity contribution >= 4 is 33.4 Å². The highest BCUT2D eigenvalue weighted by Crippen LogP contribution is 2.26. The number of rotatable bonds is 3. The molecule has 1 saturated heterocycles. The van der Waals surface area contributed by atoms with Crippen molar-refractivity contribution < 1.29 is 0 Å². The van der Waals surface area contributed by atoms with Crippen LogP contribution in [-0.2, 0) is 0 Å². The average molecular weight is 334 g/mol. The Labute approximate surface area is 126 Å². The fourth-order valence-corrected chi connectivity index (χ4v) is 2.86. The van der Waals surface area contributed by atoms with Gasteiger partial charge in [0.1, 0.15) is 0 Å². The van der Waals surface area contributed by atoms with Crippen LogP contribution < -0.4 is 10.2 Å². The number of anilines is 3. The third kappa shape index (κ3) is 2.90. The standard InChI is InChI=1S/C14H16BrN5/c1-10-4-5-12(11(15)8-10)17-13-9-16-19-14(18-13)20-6-2-3-7-20/h4-5,8-9H,2-3,6-7H2,1H3,(H,17,18,19). The minimum Gasteiger partial charge on any atom is -0.339 e. The quantitative estimate of drug-likeness (QED) is 0.933. The number of aryl methyl sites for hydroxylation is 1. The molecule has 5 nitrogen and oxygen atoms in total. The zero-order valence-electron chi connectivity index (χ0n) is 11.3. The third-order valence-electron chi connectivity index (χ3n) is 3.32. The van der Waals surface area contributed by atoms with E-state index in [0.717, 1.165) is 23.2 Å². The van der Waals surface area contributed by atoms with Crippen LogP contribution in [0, 0.1) is 6.92 Å². The van der Waals surface area contributed by atoms with Crippen LogP contribution in [0.3, 0.4) is 0 Å². The predicted molar refractivity (Wildman–Crippen MR) is 83.4 cm³/mol. The van der Waals surface area contributed by atoms with Crippen molar-refractivity contribution in [2.24, 2.45) is 0 Å². The number of nitrogens with one attached hydrogen (secondary N) is 1. The number of hydrogen-bond acceptors (Lipinski definition) is 5. The van der Waals surface area contributed by atoms with E-state index in [0.29, 0.717) is 11.8 Å². The van der Waals surface area contributed by atoms with E-state index in [1.165, 1.54) is 18.4 Å². The van der Waals surface area contributed by atoms with E-state index in [-0.39, 0.29) is 0 Å². The largest absolute Gasteiger partial charge is 0.339 e. The summed E-state index contributed by atoms with van der Waals surface area (Å²) in [6.45, 7) is 4.09. The van der Waals surface area contributed by atoms with Gasteiger partial charge in [-0.2, -0.15) is 10.1 Å². The van der Waals surface area contributed by atoms with Gasteiger partial charge in [0.25, 0.3) is 0 Å². The monoisotopic (exact) mass is 333 g/mol. The molecule has 1 N–H and O–H groups in total. The molecule has 3 rings (SSSR count). The van der Waals surface area contributed by atoms with Gasteiger partial charge in [-0.15, -0.1) is 5.10 Å². The molecule has 1 aromatic carbocycles. The summed E-state index contributed by atoms with van der Waals surface area (Å²) in [6, 6.07) is 6.15. The van der Waals surface area contributed by atoms with E-state index in [1.54, 1.807) is 6.20 Å². The molecule has 1 fully saturated rings. The highest BCUT2D eigenvalue weighted by atomic mass is 79.9. The Bertz CT molecular complexity index is 610. The Hall–Kier alpha value is -1.69. The maximum absolute atomic E-state index is 4.53. The Morgan fingerprint density at radius 3 is 2.80 bits per heavy atom. The summed E-state index contributed by atoms with van der Waals surface area (Å²) in [5, 5.41) is 11.4. The lowest BCUT2D eigenvalue weighted by Gasteiger charge is -2.15. The molecule has 2 aromatic rings. The van der Waals surface area contributed by atoms with E-state index in [9.17, 15) is 0 Å². The molecule has 0 amide bonds. The van der Waals surface area contributed by atoms with E-state index >= 15 is 0 Å². The maximum atomic E-state index is 4.53. The van der Waals surface area contributed by atoms with Gasteiger partial charge < -0.3 is 10.2 Å². The van der Waals surface area contributed by atoms with Gasteiger partial charge >= 0.3 is 0 Å². The van der Waals surface area contributed by atoms with Crippen LogP contribution in [0.2, 0.25) is 0 Å². The maximum Gasteiger partial charge on any atom is 0.247 e. The number of benzene rings is 1. The number of aromatic nitrogens is 3. The van der Waals surface area contributed by atoms with Crippen LogP contribution in [-0.4, -0.2) is 28.3 Å². The van der Waals surface area contributed by atoms with Crippen molar-refractivity contribution in [2.75, 3.05) is 23.3 Å². The van der Waals surface area contributed by atoms with Gasteiger partial charge in [0.2, 0.25) is 5.95 Å². The Balaban J connectivity index is 1.81. The average Bonchev–Trinajstić information content (AvgIpc) is 2.96. The number of hydrogen-bond donors (Lipinski definition) is 1. The molecule has 0 aliphatic carbocycles. The summed E-state index contributed by atoms with van der Waals surface area (Å²) in [7, 11) is 0. The fourth-order valence-electron chi connectivity index (χ4n) is 2.26. The first-order valence-corrected chi connectivity index (χ1v) is 7.49. The van der Waals surface area contributed by atoms with E-state index in [1.807, 2.05) is 6.07 Å². The molecule has 104 valence electrons. The zero-order valence-corrected chi connectivity index (χ0v) is 12.9. The van der Waals surface area contributed by atoms with E-state index in [2.05, 4.69) is 60.4 Å². The van der Waals surface area contributed by atoms with Gasteiger partial charge in [-0.25, -0.2) is 0 Å². The summed E-state index contributed by atoms with van der Waals surface area (Å²) >= 11 is 3.55. The third-order valence-corrected chi connectivity index (χ3v) is 3.98. The second-order valence-electron chi connectivity index (χ2n) is 4.94. The highest BCUT2D eigenvalue weighted by molar-refractivity contribution is 9.10. The van der Waals surface area contributed by atoms with Gasteiger partial charge in [0.05, 0.1) is 11.9 Å². The molecule has 0 spiro atoms. The topological polar surface area (TPSA) is 53.9 Å². The summed E-state index contributed by atoms with van der Waals surface area (Å²) < 4.78 is 1.01. The van der Waals surface area contributed by atoms with Crippen molar-refractivity contribution in [3.63, 3.8) is 0 Å². The Morgan fingerprint density at radius 2 is 2.05 bits per heavy atom. The van der Waals surface area contributed by atoms with Crippen molar-refractivity contribution in [2.45, 2.75) is 19.8 Å². The van der Waals surface area contributed by atoms with Crippen LogP contribution >= 0.6 is 15.9 Å². The molecular weight excluding hydrogens is 318 g/mol. The van der Waals surface area contributed by atoms with Crippen molar-refractivity contribution in [1.82, 2.24) is 15.2 Å². The van der Waals surface area contributed by atoms with Crippen LogP contribution in [0.25, 0.3) is 0 Å². The van der Waals surface area contributed by atoms with Gasteiger partial charge in [-0.05, 0) is 53.4 Å². The lowest BCUT2D eigenvalue weighted by Crippen LogP contribution is -2.21. The zero-order chi connectivity index (χ0) is 13.9. The molecule has 1 aromatic heterocycles. The molecule has 2 heterocycles. The SMILES string of the molecule is Cc1ccc(Nc2cnnc(N3CCCC3)n2)c(Br)c1. The summed E-state index contributed by atoms with van der Waals surface area (Å²) in [5.41, 5.74) is 2.18. The number of nitrogens with zero attached hydrogens (tertiary/aromatic N) is 4. The molecule has 0 atom stereocenters. The van der Waals surface area contributed by atoms with E-state index in [4.69, 9.17) is 0 Å². The van der Waals surface area contributed by atoms with Gasteiger partial charge in [0, 0.05) is 17.6 Å². The molecule has 1 aliphatic rings. The van der Waals surface area contributed by atoms with Crippen LogP contribution in [0.15, 0.2) is 28.9 Å². The first-order chi connectivity index (χ1) is 9.72. The van der Waals surface area contributed by atoms with Crippen LogP contribution in [0.1, 0.15) is 18.4 Å². The van der Waals surface area contributed by atoms with Gasteiger partial charge in [-0.1, -0.05) is 6.07 Å². The molecule has 0 saturated carbocycles. The molecule has 6 heteroatoms. The molecule has 1 aliphatic heterocycles.